The lowest BCUT2D eigenvalue weighted by Crippen LogP contribution is -2.00. The van der Waals surface area contributed by atoms with E-state index in [9.17, 15) is 14.9 Å². The Balaban J connectivity index is 2.51. The van der Waals surface area contributed by atoms with Crippen LogP contribution in [0.5, 0.6) is 11.5 Å². The van der Waals surface area contributed by atoms with Gasteiger partial charge in [-0.2, -0.15) is 5.26 Å². The predicted molar refractivity (Wildman–Crippen MR) is 71.3 cm³/mol. The first-order valence-electron chi connectivity index (χ1n) is 5.71. The highest BCUT2D eigenvalue weighted by Crippen LogP contribution is 2.33. The van der Waals surface area contributed by atoms with Crippen molar-refractivity contribution in [1.29, 1.82) is 5.26 Å². The number of carboxylic acid groups (broad SMARTS) is 1. The monoisotopic (exact) mass is 284 g/mol. The molecule has 0 bridgehead atoms. The maximum Gasteiger partial charge on any atom is 0.335 e. The number of rotatable bonds is 4. The van der Waals surface area contributed by atoms with Gasteiger partial charge >= 0.3 is 11.7 Å². The molecule has 0 saturated heterocycles. The fourth-order valence-electron chi connectivity index (χ4n) is 1.65. The van der Waals surface area contributed by atoms with Crippen LogP contribution in [0.25, 0.3) is 0 Å². The number of ether oxygens (including phenoxy) is 1. The van der Waals surface area contributed by atoms with E-state index in [1.165, 1.54) is 12.1 Å². The molecular weight excluding hydrogens is 276 g/mol. The molecule has 104 valence electrons. The number of nitro benzene ring substituents is 1. The second-order valence-electron chi connectivity index (χ2n) is 3.95. The number of nitriles is 1. The van der Waals surface area contributed by atoms with Crippen LogP contribution in [0, 0.1) is 21.4 Å². The number of carboxylic acids is 1. The number of hydrogen-bond acceptors (Lipinski definition) is 5. The van der Waals surface area contributed by atoms with Crippen LogP contribution in [0.3, 0.4) is 0 Å². The van der Waals surface area contributed by atoms with Crippen molar-refractivity contribution in [3.63, 3.8) is 0 Å². The number of aromatic carboxylic acids is 1. The molecule has 0 amide bonds. The predicted octanol–water partition coefficient (Wildman–Crippen LogP) is 2.96. The van der Waals surface area contributed by atoms with Gasteiger partial charge in [-0.1, -0.05) is 12.1 Å². The summed E-state index contributed by atoms with van der Waals surface area (Å²) < 4.78 is 5.36. The van der Waals surface area contributed by atoms with E-state index in [-0.39, 0.29) is 28.3 Å². The van der Waals surface area contributed by atoms with E-state index < -0.39 is 10.9 Å². The van der Waals surface area contributed by atoms with Gasteiger partial charge in [0.1, 0.15) is 11.8 Å². The van der Waals surface area contributed by atoms with Crippen LogP contribution in [-0.2, 0) is 0 Å². The van der Waals surface area contributed by atoms with Crippen molar-refractivity contribution in [2.45, 2.75) is 0 Å². The van der Waals surface area contributed by atoms with Crippen LogP contribution in [0.2, 0.25) is 0 Å². The molecule has 0 unspecified atom stereocenters. The van der Waals surface area contributed by atoms with Gasteiger partial charge in [-0.15, -0.1) is 0 Å². The number of carbonyl (C=O) groups is 1. The molecule has 21 heavy (non-hydrogen) atoms. The van der Waals surface area contributed by atoms with Crippen LogP contribution < -0.4 is 4.74 Å². The minimum absolute atomic E-state index is 0.116. The average molecular weight is 284 g/mol. The normalized spacial score (nSPS) is 9.67. The van der Waals surface area contributed by atoms with Gasteiger partial charge in [0, 0.05) is 12.1 Å². The average Bonchev–Trinajstić information content (AvgIpc) is 2.47. The second-order valence-corrected chi connectivity index (χ2v) is 3.95. The van der Waals surface area contributed by atoms with Crippen LogP contribution in [0.15, 0.2) is 42.5 Å². The second kappa shape index (κ2) is 5.71. The lowest BCUT2D eigenvalue weighted by atomic mass is 10.2. The Labute approximate surface area is 118 Å². The van der Waals surface area contributed by atoms with Gasteiger partial charge in [-0.3, -0.25) is 10.1 Å². The summed E-state index contributed by atoms with van der Waals surface area (Å²) in [5.74, 6) is -1.35. The Hall–Kier alpha value is -3.40. The zero-order valence-electron chi connectivity index (χ0n) is 10.5. The van der Waals surface area contributed by atoms with Crippen LogP contribution in [0.4, 0.5) is 5.69 Å². The zero-order chi connectivity index (χ0) is 15.4. The van der Waals surface area contributed by atoms with E-state index in [0.29, 0.717) is 0 Å². The SMILES string of the molecule is N#Cc1ccccc1Oc1cc(C(=O)O)ccc1[N+](=O)[O-]. The molecule has 0 aliphatic heterocycles. The zero-order valence-corrected chi connectivity index (χ0v) is 10.5. The Bertz CT molecular complexity index is 764. The third-order valence-corrected chi connectivity index (χ3v) is 2.63. The molecule has 2 aromatic carbocycles. The Morgan fingerprint density at radius 1 is 1.24 bits per heavy atom. The summed E-state index contributed by atoms with van der Waals surface area (Å²) in [5, 5.41) is 28.8. The Morgan fingerprint density at radius 2 is 1.95 bits per heavy atom. The van der Waals surface area contributed by atoms with E-state index >= 15 is 0 Å². The summed E-state index contributed by atoms with van der Waals surface area (Å²) in [5.41, 5.74) is -0.342. The molecule has 0 fully saturated rings. The number of hydrogen-bond donors (Lipinski definition) is 1. The van der Waals surface area contributed by atoms with Gasteiger partial charge in [0.05, 0.1) is 16.1 Å². The molecule has 0 aliphatic rings. The number of nitrogens with zero attached hydrogens (tertiary/aromatic N) is 2. The molecular formula is C14H8N2O5. The van der Waals surface area contributed by atoms with Crippen molar-refractivity contribution in [3.05, 3.63) is 63.7 Å². The molecule has 1 N–H and O–H groups in total. The molecule has 2 rings (SSSR count). The molecule has 0 radical (unpaired) electrons. The van der Waals surface area contributed by atoms with Crippen molar-refractivity contribution < 1.29 is 19.6 Å². The third kappa shape index (κ3) is 2.96. The molecule has 0 saturated carbocycles. The Morgan fingerprint density at radius 3 is 2.57 bits per heavy atom. The fourth-order valence-corrected chi connectivity index (χ4v) is 1.65. The summed E-state index contributed by atoms with van der Waals surface area (Å²) >= 11 is 0. The van der Waals surface area contributed by atoms with Crippen molar-refractivity contribution in [2.75, 3.05) is 0 Å². The first-order chi connectivity index (χ1) is 10.0. The quantitative estimate of drug-likeness (QED) is 0.682. The summed E-state index contributed by atoms with van der Waals surface area (Å²) in [4.78, 5) is 21.2. The minimum atomic E-state index is -1.23. The largest absolute Gasteiger partial charge is 0.478 e. The van der Waals surface area contributed by atoms with Crippen molar-refractivity contribution in [2.24, 2.45) is 0 Å². The van der Waals surface area contributed by atoms with Crippen LogP contribution >= 0.6 is 0 Å². The van der Waals surface area contributed by atoms with E-state index in [1.54, 1.807) is 12.1 Å². The summed E-state index contributed by atoms with van der Waals surface area (Å²) in [6.07, 6.45) is 0. The Kier molecular flexibility index (Phi) is 3.81. The highest BCUT2D eigenvalue weighted by molar-refractivity contribution is 5.88. The van der Waals surface area contributed by atoms with Gasteiger partial charge in [-0.25, -0.2) is 4.79 Å². The summed E-state index contributed by atoms with van der Waals surface area (Å²) in [6.45, 7) is 0. The van der Waals surface area contributed by atoms with Gasteiger partial charge in [0.25, 0.3) is 0 Å². The third-order valence-electron chi connectivity index (χ3n) is 2.63. The number of benzene rings is 2. The van der Waals surface area contributed by atoms with E-state index in [1.807, 2.05) is 6.07 Å². The number of para-hydroxylation sites is 1. The maximum atomic E-state index is 11.0. The highest BCUT2D eigenvalue weighted by Gasteiger charge is 2.19. The molecule has 0 atom stereocenters. The van der Waals surface area contributed by atoms with E-state index in [0.717, 1.165) is 18.2 Å². The molecule has 2 aromatic rings. The molecule has 0 aromatic heterocycles. The first kappa shape index (κ1) is 14.0. The standard InChI is InChI=1S/C14H8N2O5/c15-8-10-3-1-2-4-12(10)21-13-7-9(14(17)18)5-6-11(13)16(19)20/h1-7H,(H,17,18). The fraction of sp³-hybridized carbons (Fsp3) is 0. The molecule has 0 aliphatic carbocycles. The molecule has 7 heteroatoms. The topological polar surface area (TPSA) is 113 Å². The lowest BCUT2D eigenvalue weighted by molar-refractivity contribution is -0.385. The number of nitro groups is 1. The van der Waals surface area contributed by atoms with Gasteiger partial charge < -0.3 is 9.84 Å². The van der Waals surface area contributed by atoms with Crippen LogP contribution in [-0.4, -0.2) is 16.0 Å². The van der Waals surface area contributed by atoms with Gasteiger partial charge in [0.2, 0.25) is 5.75 Å². The minimum Gasteiger partial charge on any atom is -0.478 e. The lowest BCUT2D eigenvalue weighted by Gasteiger charge is -2.08. The van der Waals surface area contributed by atoms with E-state index in [2.05, 4.69) is 0 Å². The maximum absolute atomic E-state index is 11.0. The molecule has 0 heterocycles. The van der Waals surface area contributed by atoms with Crippen molar-refractivity contribution in [3.8, 4) is 17.6 Å². The smallest absolute Gasteiger partial charge is 0.335 e. The van der Waals surface area contributed by atoms with Crippen molar-refractivity contribution in [1.82, 2.24) is 0 Å². The first-order valence-corrected chi connectivity index (χ1v) is 5.71. The van der Waals surface area contributed by atoms with Crippen LogP contribution in [0.1, 0.15) is 15.9 Å². The highest BCUT2D eigenvalue weighted by atomic mass is 16.6. The van der Waals surface area contributed by atoms with E-state index in [4.69, 9.17) is 15.1 Å². The summed E-state index contributed by atoms with van der Waals surface area (Å²) in [7, 11) is 0. The molecule has 7 nitrogen and oxygen atoms in total. The summed E-state index contributed by atoms with van der Waals surface area (Å²) in [6, 6.07) is 11.3. The van der Waals surface area contributed by atoms with Gasteiger partial charge in [0.15, 0.2) is 0 Å². The van der Waals surface area contributed by atoms with Crippen molar-refractivity contribution >= 4 is 11.7 Å². The molecule has 0 spiro atoms. The van der Waals surface area contributed by atoms with Gasteiger partial charge in [-0.05, 0) is 18.2 Å².